The number of carbonyl (C=O) groups is 11. The molecule has 0 aliphatic carbocycles. The Bertz CT molecular complexity index is 4470. The Morgan fingerprint density at radius 2 is 0.740 bits per heavy atom. The summed E-state index contributed by atoms with van der Waals surface area (Å²) in [5, 5.41) is 71.7. The van der Waals surface area contributed by atoms with Gasteiger partial charge in [-0.25, -0.2) is 38.4 Å². The van der Waals surface area contributed by atoms with Crippen molar-refractivity contribution in [3.8, 4) is 46.0 Å². The molecule has 0 saturated carbocycles. The molecule has 8 N–H and O–H groups in total. The summed E-state index contributed by atoms with van der Waals surface area (Å²) in [4.78, 5) is 116. The average molecular weight is 2070 g/mol. The van der Waals surface area contributed by atoms with Gasteiger partial charge in [0, 0.05) is 111 Å². The van der Waals surface area contributed by atoms with Gasteiger partial charge in [0.25, 0.3) is 0 Å². The molecule has 0 radical (unpaired) electrons. The molecule has 0 spiro atoms. The summed E-state index contributed by atoms with van der Waals surface area (Å²) in [6.07, 6.45) is 21.2. The Morgan fingerprint density at radius 1 is 0.377 bits per heavy atom. The molecule has 5 aromatic carbocycles. The number of hydrogen-bond acceptors (Lipinski definition) is 37. The molecule has 2 unspecified atom stereocenters. The summed E-state index contributed by atoms with van der Waals surface area (Å²) in [5.74, 6) is -4.71. The summed E-state index contributed by atoms with van der Waals surface area (Å²) < 4.78 is 81.2. The summed E-state index contributed by atoms with van der Waals surface area (Å²) in [7, 11) is 27.9. The van der Waals surface area contributed by atoms with Crippen LogP contribution in [0, 0.1) is 17.8 Å². The predicted molar refractivity (Wildman–Crippen MR) is 569 cm³/mol. The van der Waals surface area contributed by atoms with Crippen LogP contribution < -0.4 is 4.74 Å². The van der Waals surface area contributed by atoms with Crippen molar-refractivity contribution in [2.24, 2.45) is 17.8 Å². The summed E-state index contributed by atoms with van der Waals surface area (Å²) in [6, 6.07) is 27.1. The molecule has 5 aromatic rings. The molecule has 0 aliphatic rings. The monoisotopic (exact) mass is 2070 g/mol. The molecule has 0 fully saturated rings. The molecule has 37 heteroatoms. The summed E-state index contributed by atoms with van der Waals surface area (Å²) >= 11 is 0. The summed E-state index contributed by atoms with van der Waals surface area (Å²) in [5.41, 5.74) is 8.47. The van der Waals surface area contributed by atoms with Gasteiger partial charge in [0.1, 0.15) is 5.75 Å². The standard InChI is InChI=1S/C11H12O4.C10H10O4.C10H10O3.C10H10O2.C8H8O5.C7H14O2.C7H12O2.2C6H12O2.2C6H10O2.C6H12O.2C4H10O.C3H6O2.C3H8O.C2H6O/c1-14-10-7-8(3-5-9(10)12)4-6-11(13)15-2;1-14-10(13)5-3-7-2-4-8(11)9(12)6-7;1-13-10(12)7-4-8-2-5-9(11)6-3-8;1-12-10(11)8-7-9-5-3-2-4-6-9;1-13-8(12)4-2-5(9)7(11)6(10)3-4;2*1-5(2)6(3)7(8)9-4;1-6(3-4-7)5-8-2;3*1-4-5(2)6(7)8-3;1-4-6(2)5-7-3;1-4(2)5-3;1-3-4-5-2;1-3(4)5-2;1-3-4-2;1-3-2/h3-7,12H,1-2H3;2-6,11-12H,1H3;2-7,11H,1H3;2-8H,1H3;2-3,9-11H,1H3;5-6H,1-4H3;1-4H3;3,7H,4-5H2,1-2H3;5H,4H2,1-3H3;2*4H,1-3H3;4H,5H2,1-3H3;4H,1-3H3;3-4H2,1-2H3;1-2H3;3H2,1-2H3;1-2H3/b6-4+;5-3+;7-4+;8-7+;;;;6-3-;;5-4+;5-4-;6-4-;;;;;. The zero-order valence-electron chi connectivity index (χ0n) is 93.4. The van der Waals surface area contributed by atoms with Crippen LogP contribution in [0.4, 0.5) is 0 Å². The molecule has 146 heavy (non-hydrogen) atoms. The molecule has 0 amide bonds. The highest BCUT2D eigenvalue weighted by molar-refractivity contribution is 5.92. The highest BCUT2D eigenvalue weighted by Gasteiger charge is 2.17. The number of rotatable bonds is 26. The number of allylic oxidation sites excluding steroid dienone is 4. The van der Waals surface area contributed by atoms with Crippen LogP contribution in [-0.2, 0) is 128 Å². The van der Waals surface area contributed by atoms with E-state index in [4.69, 9.17) is 59.4 Å². The molecule has 37 nitrogen and oxygen atoms in total. The van der Waals surface area contributed by atoms with Gasteiger partial charge in [0.05, 0.1) is 129 Å². The van der Waals surface area contributed by atoms with Crippen LogP contribution in [0.25, 0.3) is 24.3 Å². The predicted octanol–water partition coefficient (Wildman–Crippen LogP) is 18.7. The molecule has 0 heterocycles. The lowest BCUT2D eigenvalue weighted by Gasteiger charge is -2.11. The number of aromatic hydroxyl groups is 7. The fourth-order valence-corrected chi connectivity index (χ4v) is 7.06. The second-order valence-electron chi connectivity index (χ2n) is 29.1. The lowest BCUT2D eigenvalue weighted by Crippen LogP contribution is -2.17. The number of aliphatic hydroxyl groups is 1. The maximum absolute atomic E-state index is 10.9. The minimum Gasteiger partial charge on any atom is -0.508 e. The topological polar surface area (TPSA) is 516 Å². The average Bonchev–Trinajstić information content (AvgIpc) is 0.843. The van der Waals surface area contributed by atoms with E-state index >= 15 is 0 Å². The molecule has 0 bridgehead atoms. The first-order valence-electron chi connectivity index (χ1n) is 44.9. The quantitative estimate of drug-likeness (QED) is 0.00838. The van der Waals surface area contributed by atoms with Gasteiger partial charge in [-0.1, -0.05) is 132 Å². The Kier molecular flexibility index (Phi) is 118. The van der Waals surface area contributed by atoms with Crippen LogP contribution in [0.3, 0.4) is 0 Å². The molecule has 0 aromatic heterocycles. The van der Waals surface area contributed by atoms with Crippen molar-refractivity contribution in [3.05, 3.63) is 213 Å². The minimum atomic E-state index is -0.703. The number of esters is 11. The van der Waals surface area contributed by atoms with Crippen molar-refractivity contribution in [2.75, 3.05) is 168 Å². The first-order valence-corrected chi connectivity index (χ1v) is 44.9. The van der Waals surface area contributed by atoms with E-state index in [9.17, 15) is 57.8 Å². The van der Waals surface area contributed by atoms with E-state index in [0.29, 0.717) is 46.7 Å². The highest BCUT2D eigenvalue weighted by Crippen LogP contribution is 2.35. The van der Waals surface area contributed by atoms with E-state index in [0.717, 1.165) is 72.6 Å². The van der Waals surface area contributed by atoms with Gasteiger partial charge in [0.2, 0.25) is 0 Å². The van der Waals surface area contributed by atoms with Crippen LogP contribution in [0.15, 0.2) is 185 Å². The maximum Gasteiger partial charge on any atom is 0.338 e. The third-order valence-corrected chi connectivity index (χ3v) is 16.9. The Labute approximate surface area is 867 Å². The molecule has 5 rings (SSSR count). The zero-order chi connectivity index (χ0) is 116. The number of phenolic OH excluding ortho intramolecular Hbond substituents is 7. The fourth-order valence-electron chi connectivity index (χ4n) is 7.06. The number of carbonyl (C=O) groups excluding carboxylic acids is 11. The number of ether oxygens (including phenoxy) is 18. The normalized spacial score (nSPS) is 10.3. The fraction of sp³-hybridized carbons (Fsp3) is 0.459. The Morgan fingerprint density at radius 3 is 0.979 bits per heavy atom. The van der Waals surface area contributed by atoms with Crippen LogP contribution in [0.5, 0.6) is 46.0 Å². The molecule has 2 atom stereocenters. The summed E-state index contributed by atoms with van der Waals surface area (Å²) in [6.45, 7) is 40.8. The van der Waals surface area contributed by atoms with E-state index in [1.807, 2.05) is 126 Å². The first kappa shape index (κ1) is 157. The van der Waals surface area contributed by atoms with Crippen molar-refractivity contribution < 1.29 is 179 Å². The largest absolute Gasteiger partial charge is 0.508 e. The number of methoxy groups -OCH3 is 18. The molecular weight excluding hydrogens is 1900 g/mol. The van der Waals surface area contributed by atoms with Crippen LogP contribution in [0.1, 0.15) is 184 Å². The molecule has 0 aliphatic heterocycles. The van der Waals surface area contributed by atoms with Crippen molar-refractivity contribution in [3.63, 3.8) is 0 Å². The minimum absolute atomic E-state index is 0.0231. The van der Waals surface area contributed by atoms with Gasteiger partial charge in [0.15, 0.2) is 40.2 Å². The molecule has 830 valence electrons. The van der Waals surface area contributed by atoms with Crippen molar-refractivity contribution in [1.82, 2.24) is 0 Å². The number of aliphatic hydroxyl groups excluding tert-OH is 1. The molecular formula is C109H172O37. The van der Waals surface area contributed by atoms with Gasteiger partial charge >= 0.3 is 65.7 Å². The maximum atomic E-state index is 10.9. The second kappa shape index (κ2) is 110. The van der Waals surface area contributed by atoms with Gasteiger partial charge in [-0.3, -0.25) is 14.4 Å². The van der Waals surface area contributed by atoms with Crippen LogP contribution >= 0.6 is 0 Å². The van der Waals surface area contributed by atoms with E-state index in [1.165, 1.54) is 146 Å². The first-order chi connectivity index (χ1) is 68.6. The van der Waals surface area contributed by atoms with E-state index in [1.54, 1.807) is 163 Å². The van der Waals surface area contributed by atoms with Gasteiger partial charge in [-0.15, -0.1) is 0 Å². The Hall–Kier alpha value is -14.0. The highest BCUT2D eigenvalue weighted by atomic mass is 16.6. The van der Waals surface area contributed by atoms with Crippen molar-refractivity contribution >= 4 is 90.0 Å². The lowest BCUT2D eigenvalue weighted by molar-refractivity contribution is -0.146. The van der Waals surface area contributed by atoms with Gasteiger partial charge in [-0.2, -0.15) is 0 Å². The van der Waals surface area contributed by atoms with Gasteiger partial charge < -0.3 is 126 Å². The smallest absolute Gasteiger partial charge is 0.338 e. The van der Waals surface area contributed by atoms with E-state index in [2.05, 4.69) is 68.5 Å². The number of phenols is 7. The van der Waals surface area contributed by atoms with Crippen molar-refractivity contribution in [2.45, 2.75) is 157 Å². The zero-order valence-corrected chi connectivity index (χ0v) is 93.4. The Balaban J connectivity index is -0.000000132. The number of hydrogen-bond donors (Lipinski definition) is 8. The second-order valence-corrected chi connectivity index (χ2v) is 29.1. The van der Waals surface area contributed by atoms with Crippen LogP contribution in [0.2, 0.25) is 0 Å². The van der Waals surface area contributed by atoms with E-state index in [-0.39, 0.29) is 88.8 Å². The van der Waals surface area contributed by atoms with Crippen molar-refractivity contribution in [1.29, 1.82) is 0 Å². The van der Waals surface area contributed by atoms with E-state index < -0.39 is 41.1 Å². The number of benzene rings is 5. The molecule has 0 saturated heterocycles. The SMILES string of the molecule is C/C=C(/C)C(=O)OC.C/C=C(/C)COC.C/C=C(\C)C(=O)OC.CCC(C)C(=O)OC.CCCOC.CCOC.COC.COC(=O)/C=C/c1ccc(O)c(O)c1.COC(=O)/C=C/c1ccc(O)c(OC)c1.COC(=O)/C=C/c1ccc(O)cc1.COC(=O)/C=C/c1ccccc1.COC(=O)C(C)=C(C)C.COC(=O)C(C)C(C)C.COC(=O)c1cc(O)c(O)c(O)c1.COC(C)=O.COC(C)C.COC/C(C)=C\CO. The lowest BCUT2D eigenvalue weighted by atomic mass is 9.99. The third kappa shape index (κ3) is 104. The van der Waals surface area contributed by atoms with Gasteiger partial charge in [-0.05, 0) is 209 Å². The third-order valence-electron chi connectivity index (χ3n) is 16.9. The van der Waals surface area contributed by atoms with Crippen LogP contribution in [-0.4, -0.2) is 281 Å².